The fourth-order valence-electron chi connectivity index (χ4n) is 2.91. The van der Waals surface area contributed by atoms with Gasteiger partial charge in [-0.05, 0) is 31.2 Å². The summed E-state index contributed by atoms with van der Waals surface area (Å²) in [6.45, 7) is 1.35. The molecule has 150 valence electrons. The number of rotatable bonds is 5. The molecule has 1 atom stereocenters. The average molecular weight is 402 g/mol. The van der Waals surface area contributed by atoms with E-state index in [-0.39, 0.29) is 46.7 Å². The topological polar surface area (TPSA) is 108 Å². The van der Waals surface area contributed by atoms with E-state index in [0.717, 1.165) is 12.1 Å². The molecule has 2 N–H and O–H groups in total. The lowest BCUT2D eigenvalue weighted by atomic mass is 9.87. The lowest BCUT2D eigenvalue weighted by molar-refractivity contribution is -0.136. The van der Waals surface area contributed by atoms with E-state index in [4.69, 9.17) is 24.4 Å². The number of benzene rings is 1. The van der Waals surface area contributed by atoms with E-state index in [9.17, 15) is 18.8 Å². The second-order valence-electron chi connectivity index (χ2n) is 6.05. The third-order valence-electron chi connectivity index (χ3n) is 4.24. The molecule has 1 aliphatic heterocycles. The Morgan fingerprint density at radius 2 is 2.07 bits per heavy atom. The molecular weight excluding hydrogens is 386 g/mol. The highest BCUT2D eigenvalue weighted by molar-refractivity contribution is 5.92. The SMILES string of the molecule is COC(=O)C1=C(C)OC(N)=C(C#N)[C@H]1c1ccc(COc2ccc(F)cc2F)o1. The van der Waals surface area contributed by atoms with Gasteiger partial charge >= 0.3 is 5.97 Å². The van der Waals surface area contributed by atoms with Crippen LogP contribution in [0.2, 0.25) is 0 Å². The molecule has 0 bridgehead atoms. The van der Waals surface area contributed by atoms with Gasteiger partial charge < -0.3 is 24.4 Å². The first-order valence-electron chi connectivity index (χ1n) is 8.38. The summed E-state index contributed by atoms with van der Waals surface area (Å²) in [5.41, 5.74) is 5.85. The van der Waals surface area contributed by atoms with E-state index in [2.05, 4.69) is 0 Å². The lowest BCUT2D eigenvalue weighted by Gasteiger charge is -2.24. The van der Waals surface area contributed by atoms with Crippen molar-refractivity contribution >= 4 is 5.97 Å². The van der Waals surface area contributed by atoms with E-state index >= 15 is 0 Å². The monoisotopic (exact) mass is 402 g/mol. The molecule has 1 aromatic heterocycles. The number of carbonyl (C=O) groups excluding carboxylic acids is 1. The number of allylic oxidation sites excluding steroid dienone is 2. The van der Waals surface area contributed by atoms with Crippen molar-refractivity contribution in [2.45, 2.75) is 19.4 Å². The number of halogens is 2. The van der Waals surface area contributed by atoms with Gasteiger partial charge in [-0.15, -0.1) is 0 Å². The summed E-state index contributed by atoms with van der Waals surface area (Å²) < 4.78 is 47.7. The summed E-state index contributed by atoms with van der Waals surface area (Å²) in [5, 5.41) is 9.48. The van der Waals surface area contributed by atoms with Crippen molar-refractivity contribution in [3.63, 3.8) is 0 Å². The number of methoxy groups -OCH3 is 1. The van der Waals surface area contributed by atoms with Crippen LogP contribution in [0.3, 0.4) is 0 Å². The summed E-state index contributed by atoms with van der Waals surface area (Å²) in [5.74, 6) is -2.81. The molecule has 0 saturated carbocycles. The Bertz CT molecular complexity index is 1070. The molecule has 1 aromatic carbocycles. The molecule has 2 heterocycles. The van der Waals surface area contributed by atoms with Gasteiger partial charge in [0.1, 0.15) is 41.3 Å². The lowest BCUT2D eigenvalue weighted by Crippen LogP contribution is -2.24. The quantitative estimate of drug-likeness (QED) is 0.764. The van der Waals surface area contributed by atoms with Crippen molar-refractivity contribution in [3.05, 3.63) is 76.3 Å². The minimum absolute atomic E-state index is 0.0117. The average Bonchev–Trinajstić information content (AvgIpc) is 3.15. The smallest absolute Gasteiger partial charge is 0.338 e. The van der Waals surface area contributed by atoms with E-state index in [1.54, 1.807) is 6.07 Å². The van der Waals surface area contributed by atoms with Crippen LogP contribution >= 0.6 is 0 Å². The maximum atomic E-state index is 13.7. The van der Waals surface area contributed by atoms with E-state index in [1.807, 2.05) is 6.07 Å². The van der Waals surface area contributed by atoms with Crippen molar-refractivity contribution in [1.82, 2.24) is 0 Å². The molecule has 0 aliphatic carbocycles. The van der Waals surface area contributed by atoms with Crippen LogP contribution in [0.25, 0.3) is 0 Å². The molecule has 0 saturated heterocycles. The Kier molecular flexibility index (Phi) is 5.54. The van der Waals surface area contributed by atoms with Gasteiger partial charge in [-0.2, -0.15) is 5.26 Å². The first-order chi connectivity index (χ1) is 13.8. The molecule has 0 unspecified atom stereocenters. The van der Waals surface area contributed by atoms with E-state index in [0.29, 0.717) is 6.07 Å². The summed E-state index contributed by atoms with van der Waals surface area (Å²) >= 11 is 0. The number of esters is 1. The van der Waals surface area contributed by atoms with Crippen molar-refractivity contribution in [2.24, 2.45) is 5.73 Å². The number of nitrogens with two attached hydrogens (primary N) is 1. The summed E-state index contributed by atoms with van der Waals surface area (Å²) in [4.78, 5) is 12.2. The maximum Gasteiger partial charge on any atom is 0.338 e. The van der Waals surface area contributed by atoms with Gasteiger partial charge in [0.2, 0.25) is 5.88 Å². The van der Waals surface area contributed by atoms with Crippen molar-refractivity contribution < 1.29 is 32.2 Å². The minimum Gasteiger partial charge on any atom is -0.483 e. The van der Waals surface area contributed by atoms with Gasteiger partial charge in [0.25, 0.3) is 0 Å². The van der Waals surface area contributed by atoms with Crippen molar-refractivity contribution in [2.75, 3.05) is 7.11 Å². The highest BCUT2D eigenvalue weighted by Crippen LogP contribution is 2.40. The number of ether oxygens (including phenoxy) is 3. The van der Waals surface area contributed by atoms with Gasteiger partial charge in [-0.1, -0.05) is 0 Å². The van der Waals surface area contributed by atoms with Crippen LogP contribution < -0.4 is 10.5 Å². The maximum absolute atomic E-state index is 13.7. The largest absolute Gasteiger partial charge is 0.483 e. The number of carbonyl (C=O) groups is 1. The zero-order chi connectivity index (χ0) is 21.1. The Morgan fingerprint density at radius 3 is 2.72 bits per heavy atom. The normalized spacial score (nSPS) is 16.3. The second-order valence-corrected chi connectivity index (χ2v) is 6.05. The first-order valence-corrected chi connectivity index (χ1v) is 8.38. The minimum atomic E-state index is -0.933. The summed E-state index contributed by atoms with van der Waals surface area (Å²) in [6.07, 6.45) is 0. The second kappa shape index (κ2) is 8.06. The summed E-state index contributed by atoms with van der Waals surface area (Å²) in [6, 6.07) is 7.93. The Labute approximate surface area is 164 Å². The van der Waals surface area contributed by atoms with Crippen LogP contribution in [-0.2, 0) is 20.9 Å². The van der Waals surface area contributed by atoms with Crippen LogP contribution in [0, 0.1) is 23.0 Å². The van der Waals surface area contributed by atoms with Crippen LogP contribution in [0.1, 0.15) is 24.4 Å². The first kappa shape index (κ1) is 19.9. The molecule has 0 radical (unpaired) electrons. The number of nitriles is 1. The van der Waals surface area contributed by atoms with Crippen LogP contribution in [-0.4, -0.2) is 13.1 Å². The highest BCUT2D eigenvalue weighted by atomic mass is 19.1. The number of nitrogens with zero attached hydrogens (tertiary/aromatic N) is 1. The Hall–Kier alpha value is -3.80. The predicted molar refractivity (Wildman–Crippen MR) is 94.8 cm³/mol. The molecule has 7 nitrogen and oxygen atoms in total. The zero-order valence-electron chi connectivity index (χ0n) is 15.5. The molecule has 0 amide bonds. The van der Waals surface area contributed by atoms with Gasteiger partial charge in [0.05, 0.1) is 18.6 Å². The molecule has 0 fully saturated rings. The van der Waals surface area contributed by atoms with Gasteiger partial charge in [-0.3, -0.25) is 0 Å². The van der Waals surface area contributed by atoms with Crippen molar-refractivity contribution in [3.8, 4) is 11.8 Å². The fraction of sp³-hybridized carbons (Fsp3) is 0.200. The highest BCUT2D eigenvalue weighted by Gasteiger charge is 2.38. The van der Waals surface area contributed by atoms with Crippen molar-refractivity contribution in [1.29, 1.82) is 5.26 Å². The molecule has 2 aromatic rings. The van der Waals surface area contributed by atoms with Crippen LogP contribution in [0.15, 0.2) is 57.5 Å². The van der Waals surface area contributed by atoms with E-state index in [1.165, 1.54) is 20.1 Å². The van der Waals surface area contributed by atoms with Gasteiger partial charge in [0.15, 0.2) is 11.6 Å². The van der Waals surface area contributed by atoms with Gasteiger partial charge in [-0.25, -0.2) is 13.6 Å². The predicted octanol–water partition coefficient (Wildman–Crippen LogP) is 3.39. The molecule has 0 spiro atoms. The van der Waals surface area contributed by atoms with Crippen LogP contribution in [0.4, 0.5) is 8.78 Å². The Balaban J connectivity index is 1.89. The Morgan fingerprint density at radius 1 is 1.31 bits per heavy atom. The molecular formula is C20H16F2N2O5. The molecule has 3 rings (SSSR count). The summed E-state index contributed by atoms with van der Waals surface area (Å²) in [7, 11) is 1.20. The molecule has 1 aliphatic rings. The standard InChI is InChI=1S/C20H16F2N2O5/c1-10-17(20(25)26-2)18(13(8-23)19(24)28-10)16-6-4-12(29-16)9-27-15-5-3-11(21)7-14(15)22/h3-7,18H,9,24H2,1-2H3/t18-/m0/s1. The number of hydrogen-bond donors (Lipinski definition) is 1. The number of furan rings is 1. The molecule has 29 heavy (non-hydrogen) atoms. The number of hydrogen-bond acceptors (Lipinski definition) is 7. The third-order valence-corrected chi connectivity index (χ3v) is 4.24. The van der Waals surface area contributed by atoms with Crippen LogP contribution in [0.5, 0.6) is 5.75 Å². The van der Waals surface area contributed by atoms with E-state index < -0.39 is 23.5 Å². The zero-order valence-corrected chi connectivity index (χ0v) is 15.5. The third kappa shape index (κ3) is 3.91. The van der Waals surface area contributed by atoms with Gasteiger partial charge in [0, 0.05) is 6.07 Å². The molecule has 9 heteroatoms. The fourth-order valence-corrected chi connectivity index (χ4v) is 2.91.